The van der Waals surface area contributed by atoms with E-state index in [1.165, 1.54) is 6.42 Å². The molecule has 0 saturated carbocycles. The van der Waals surface area contributed by atoms with E-state index in [-0.39, 0.29) is 23.6 Å². The van der Waals surface area contributed by atoms with Crippen LogP contribution < -0.4 is 5.32 Å². The molecule has 0 bridgehead atoms. The quantitative estimate of drug-likeness (QED) is 0.777. The number of carbonyl (C=O) groups excluding carboxylic acids is 2. The summed E-state index contributed by atoms with van der Waals surface area (Å²) in [6, 6.07) is 5.32. The highest BCUT2D eigenvalue weighted by Gasteiger charge is 2.27. The van der Waals surface area contributed by atoms with Crippen molar-refractivity contribution in [3.05, 3.63) is 29.6 Å². The van der Waals surface area contributed by atoms with Gasteiger partial charge in [0.1, 0.15) is 11.4 Å². The van der Waals surface area contributed by atoms with Crippen LogP contribution in [0.4, 0.5) is 0 Å². The van der Waals surface area contributed by atoms with Crippen molar-refractivity contribution >= 4 is 11.8 Å². The summed E-state index contributed by atoms with van der Waals surface area (Å²) in [5.41, 5.74) is 0.628. The van der Waals surface area contributed by atoms with E-state index in [4.69, 9.17) is 4.74 Å². The molecule has 1 aromatic heterocycles. The van der Waals surface area contributed by atoms with Crippen molar-refractivity contribution in [2.24, 2.45) is 0 Å². The molecule has 1 aliphatic rings. The number of aromatic nitrogens is 1. The topological polar surface area (TPSA) is 71.5 Å². The number of hydrogen-bond donors (Lipinski definition) is 1. The van der Waals surface area contributed by atoms with Crippen LogP contribution in [0.1, 0.15) is 60.0 Å². The molecule has 2 heterocycles. The first-order valence-electron chi connectivity index (χ1n) is 8.72. The maximum Gasteiger partial charge on any atom is 0.272 e. The molecule has 1 aromatic rings. The highest BCUT2D eigenvalue weighted by Crippen LogP contribution is 2.21. The number of ether oxygens (including phenoxy) is 1. The van der Waals surface area contributed by atoms with Gasteiger partial charge in [-0.3, -0.25) is 9.59 Å². The molecule has 24 heavy (non-hydrogen) atoms. The molecule has 2 rings (SSSR count). The van der Waals surface area contributed by atoms with Crippen LogP contribution in [0.3, 0.4) is 0 Å². The van der Waals surface area contributed by atoms with Gasteiger partial charge < -0.3 is 15.0 Å². The second-order valence-electron chi connectivity index (χ2n) is 6.07. The minimum Gasteiger partial charge on any atom is -0.385 e. The van der Waals surface area contributed by atoms with Crippen LogP contribution in [-0.2, 0) is 4.74 Å². The Morgan fingerprint density at radius 1 is 1.33 bits per heavy atom. The molecular weight excluding hydrogens is 306 g/mol. The van der Waals surface area contributed by atoms with Gasteiger partial charge in [-0.05, 0) is 44.2 Å². The Labute approximate surface area is 143 Å². The molecule has 1 N–H and O–H groups in total. The summed E-state index contributed by atoms with van der Waals surface area (Å²) in [5, 5.41) is 2.79. The third-order valence-corrected chi connectivity index (χ3v) is 4.37. The van der Waals surface area contributed by atoms with Crippen molar-refractivity contribution in [3.8, 4) is 0 Å². The second-order valence-corrected chi connectivity index (χ2v) is 6.07. The number of carbonyl (C=O) groups is 2. The minimum atomic E-state index is -0.258. The molecule has 0 aliphatic carbocycles. The van der Waals surface area contributed by atoms with Gasteiger partial charge in [0.15, 0.2) is 0 Å². The van der Waals surface area contributed by atoms with Crippen LogP contribution >= 0.6 is 0 Å². The van der Waals surface area contributed by atoms with Gasteiger partial charge in [-0.1, -0.05) is 13.0 Å². The lowest BCUT2D eigenvalue weighted by Crippen LogP contribution is -2.43. The monoisotopic (exact) mass is 333 g/mol. The second kappa shape index (κ2) is 9.37. The average Bonchev–Trinajstić information content (AvgIpc) is 2.64. The number of amides is 2. The lowest BCUT2D eigenvalue weighted by atomic mass is 9.99. The number of methoxy groups -OCH3 is 1. The summed E-state index contributed by atoms with van der Waals surface area (Å²) in [6.07, 6.45) is 4.93. The first-order chi connectivity index (χ1) is 11.7. The van der Waals surface area contributed by atoms with Gasteiger partial charge in [0.05, 0.1) is 0 Å². The van der Waals surface area contributed by atoms with Crippen LogP contribution in [-0.4, -0.2) is 54.5 Å². The lowest BCUT2D eigenvalue weighted by molar-refractivity contribution is 0.0602. The van der Waals surface area contributed by atoms with Crippen molar-refractivity contribution in [2.75, 3.05) is 26.8 Å². The molecule has 1 aliphatic heterocycles. The molecule has 1 atom stereocenters. The van der Waals surface area contributed by atoms with Crippen molar-refractivity contribution in [1.29, 1.82) is 0 Å². The van der Waals surface area contributed by atoms with Crippen molar-refractivity contribution in [1.82, 2.24) is 15.2 Å². The van der Waals surface area contributed by atoms with Crippen LogP contribution in [0.2, 0.25) is 0 Å². The Balaban J connectivity index is 2.03. The van der Waals surface area contributed by atoms with Crippen LogP contribution in [0.25, 0.3) is 0 Å². The molecule has 1 unspecified atom stereocenters. The van der Waals surface area contributed by atoms with E-state index in [0.717, 1.165) is 32.2 Å². The van der Waals surface area contributed by atoms with Gasteiger partial charge in [-0.2, -0.15) is 0 Å². The Hall–Kier alpha value is -1.95. The largest absolute Gasteiger partial charge is 0.385 e. The number of nitrogens with one attached hydrogen (secondary N) is 1. The number of piperidine rings is 1. The fraction of sp³-hybridized carbons (Fsp3) is 0.611. The van der Waals surface area contributed by atoms with Crippen LogP contribution in [0.15, 0.2) is 18.2 Å². The molecule has 6 nitrogen and oxygen atoms in total. The van der Waals surface area contributed by atoms with Gasteiger partial charge in [-0.15, -0.1) is 0 Å². The fourth-order valence-electron chi connectivity index (χ4n) is 3.03. The summed E-state index contributed by atoms with van der Waals surface area (Å²) in [5.74, 6) is -0.331. The highest BCUT2D eigenvalue weighted by atomic mass is 16.5. The number of likely N-dealkylation sites (tertiary alicyclic amines) is 1. The predicted octanol–water partition coefficient (Wildman–Crippen LogP) is 2.25. The zero-order chi connectivity index (χ0) is 17.4. The van der Waals surface area contributed by atoms with Gasteiger partial charge in [0.25, 0.3) is 11.8 Å². The van der Waals surface area contributed by atoms with E-state index in [0.29, 0.717) is 18.8 Å². The molecule has 0 aromatic carbocycles. The molecule has 0 spiro atoms. The highest BCUT2D eigenvalue weighted by molar-refractivity contribution is 5.96. The first-order valence-corrected chi connectivity index (χ1v) is 8.72. The summed E-state index contributed by atoms with van der Waals surface area (Å²) in [6.45, 7) is 4.00. The van der Waals surface area contributed by atoms with Crippen molar-refractivity contribution in [3.63, 3.8) is 0 Å². The molecule has 0 radical (unpaired) electrons. The lowest BCUT2D eigenvalue weighted by Gasteiger charge is -2.35. The minimum absolute atomic E-state index is 0.0735. The third-order valence-electron chi connectivity index (χ3n) is 4.37. The molecular formula is C18H27N3O3. The Bertz CT molecular complexity index is 562. The van der Waals surface area contributed by atoms with E-state index in [1.807, 2.05) is 4.90 Å². The van der Waals surface area contributed by atoms with Gasteiger partial charge in [0, 0.05) is 32.8 Å². The van der Waals surface area contributed by atoms with E-state index in [9.17, 15) is 9.59 Å². The van der Waals surface area contributed by atoms with Crippen molar-refractivity contribution in [2.45, 2.75) is 45.1 Å². The van der Waals surface area contributed by atoms with E-state index >= 15 is 0 Å². The van der Waals surface area contributed by atoms with Crippen molar-refractivity contribution < 1.29 is 14.3 Å². The number of nitrogens with zero attached hydrogens (tertiary/aromatic N) is 2. The Morgan fingerprint density at radius 3 is 2.88 bits per heavy atom. The number of rotatable bonds is 7. The third kappa shape index (κ3) is 4.77. The molecule has 1 saturated heterocycles. The predicted molar refractivity (Wildman–Crippen MR) is 92.0 cm³/mol. The average molecular weight is 333 g/mol. The normalized spacial score (nSPS) is 17.6. The van der Waals surface area contributed by atoms with Crippen LogP contribution in [0.5, 0.6) is 0 Å². The zero-order valence-corrected chi connectivity index (χ0v) is 14.6. The maximum atomic E-state index is 12.8. The Morgan fingerprint density at radius 2 is 2.12 bits per heavy atom. The summed E-state index contributed by atoms with van der Waals surface area (Å²) < 4.78 is 4.95. The van der Waals surface area contributed by atoms with E-state index < -0.39 is 0 Å². The fourth-order valence-corrected chi connectivity index (χ4v) is 3.03. The standard InChI is InChI=1S/C18H27N3O3/c1-3-14-8-4-5-12-21(14)18(23)16-10-6-9-15(20-16)17(22)19-11-7-13-24-2/h6,9-10,14H,3-5,7-8,11-13H2,1-2H3,(H,19,22). The van der Waals surface area contributed by atoms with Crippen LogP contribution in [0, 0.1) is 0 Å². The molecule has 1 fully saturated rings. The van der Waals surface area contributed by atoms with Gasteiger partial charge >= 0.3 is 0 Å². The summed E-state index contributed by atoms with van der Waals surface area (Å²) in [7, 11) is 1.63. The van der Waals surface area contributed by atoms with Gasteiger partial charge in [-0.25, -0.2) is 4.98 Å². The molecule has 6 heteroatoms. The Kier molecular flexibility index (Phi) is 7.18. The summed E-state index contributed by atoms with van der Waals surface area (Å²) >= 11 is 0. The molecule has 2 amide bonds. The smallest absolute Gasteiger partial charge is 0.272 e. The van der Waals surface area contributed by atoms with E-state index in [1.54, 1.807) is 25.3 Å². The zero-order valence-electron chi connectivity index (χ0n) is 14.6. The van der Waals surface area contributed by atoms with Gasteiger partial charge in [0.2, 0.25) is 0 Å². The number of hydrogen-bond acceptors (Lipinski definition) is 4. The number of pyridine rings is 1. The summed E-state index contributed by atoms with van der Waals surface area (Å²) in [4.78, 5) is 31.1. The SMILES string of the molecule is CCC1CCCCN1C(=O)c1cccc(C(=O)NCCCOC)n1. The molecule has 132 valence electrons. The first kappa shape index (κ1) is 18.4. The van der Waals surface area contributed by atoms with E-state index in [2.05, 4.69) is 17.2 Å². The maximum absolute atomic E-state index is 12.8.